The lowest BCUT2D eigenvalue weighted by Gasteiger charge is -2.25. The maximum absolute atomic E-state index is 6.34. The van der Waals surface area contributed by atoms with Crippen molar-refractivity contribution in [2.24, 2.45) is 9.98 Å². The molecule has 0 fully saturated rings. The number of hydrogen-bond donors (Lipinski definition) is 1. The van der Waals surface area contributed by atoms with Gasteiger partial charge in [0.15, 0.2) is 5.84 Å². The molecule has 1 aliphatic rings. The third kappa shape index (κ3) is 4.88. The van der Waals surface area contributed by atoms with Crippen molar-refractivity contribution >= 4 is 87.9 Å². The van der Waals surface area contributed by atoms with Crippen LogP contribution in [-0.4, -0.2) is 11.7 Å². The van der Waals surface area contributed by atoms with Crippen molar-refractivity contribution in [1.29, 1.82) is 0 Å². The Balaban J connectivity index is 1.06. The fourth-order valence-corrected chi connectivity index (χ4v) is 8.57. The van der Waals surface area contributed by atoms with Gasteiger partial charge in [0, 0.05) is 38.2 Å². The maximum atomic E-state index is 6.34. The molecular weight excluding hydrogens is 687 g/mol. The Labute approximate surface area is 320 Å². The van der Waals surface area contributed by atoms with Crippen LogP contribution in [-0.2, 0) is 0 Å². The van der Waals surface area contributed by atoms with E-state index in [1.54, 1.807) is 0 Å². The fourth-order valence-electron chi connectivity index (χ4n) is 8.57. The molecule has 1 unspecified atom stereocenters. The SMILES string of the molecule is c1ccc2cc(-c3cc(C4=NC(c5ccc6cc7c(cc6c5)oc5ccccc57)=NC(c5cccc6oc7ccccc7c56)N4)cc4ccccc34)ccc2c1. The predicted molar refractivity (Wildman–Crippen MR) is 231 cm³/mol. The molecular formula is C51H31N3O2. The molecule has 5 heteroatoms. The number of amidine groups is 2. The summed E-state index contributed by atoms with van der Waals surface area (Å²) in [5.74, 6) is 1.41. The van der Waals surface area contributed by atoms with Crippen molar-refractivity contribution in [3.63, 3.8) is 0 Å². The number of nitrogens with one attached hydrogen (secondary N) is 1. The molecule has 262 valence electrons. The molecule has 9 aromatic carbocycles. The lowest BCUT2D eigenvalue weighted by atomic mass is 9.93. The minimum absolute atomic E-state index is 0.439. The molecule has 5 nitrogen and oxygen atoms in total. The van der Waals surface area contributed by atoms with E-state index in [1.165, 1.54) is 16.2 Å². The quantitative estimate of drug-likeness (QED) is 0.197. The first-order valence-corrected chi connectivity index (χ1v) is 18.9. The monoisotopic (exact) mass is 717 g/mol. The zero-order chi connectivity index (χ0) is 36.7. The predicted octanol–water partition coefficient (Wildman–Crippen LogP) is 13.1. The normalized spacial score (nSPS) is 14.6. The molecule has 0 spiro atoms. The van der Waals surface area contributed by atoms with Gasteiger partial charge in [-0.3, -0.25) is 0 Å². The van der Waals surface area contributed by atoms with Crippen molar-refractivity contribution < 1.29 is 8.83 Å². The van der Waals surface area contributed by atoms with Crippen molar-refractivity contribution in [1.82, 2.24) is 5.32 Å². The highest BCUT2D eigenvalue weighted by Crippen LogP contribution is 2.38. The first-order valence-electron chi connectivity index (χ1n) is 18.9. The standard InChI is InChI=1S/C51H31N3O2/c1-2-11-31-24-34(22-20-30(31)10-1)42-28-37(25-33-12-3-4-13-38(33)42)50-52-49(53-51(54-50)41-16-9-19-46-48(41)40-15-6-8-18-45(40)55-46)35-23-21-32-27-43-39-14-5-7-17-44(39)56-47(43)29-36(32)26-35/h1-29,51H,(H,52,53,54). The van der Waals surface area contributed by atoms with E-state index < -0.39 is 6.17 Å². The van der Waals surface area contributed by atoms with Gasteiger partial charge in [-0.25, -0.2) is 9.98 Å². The van der Waals surface area contributed by atoms with E-state index in [0.717, 1.165) is 93.7 Å². The fraction of sp³-hybridized carbons (Fsp3) is 0.0196. The Kier molecular flexibility index (Phi) is 6.63. The molecule has 11 aromatic rings. The summed E-state index contributed by atoms with van der Waals surface area (Å²) >= 11 is 0. The number of para-hydroxylation sites is 2. The average Bonchev–Trinajstić information content (AvgIpc) is 3.82. The van der Waals surface area contributed by atoms with Crippen LogP contribution in [0.25, 0.3) is 87.3 Å². The number of fused-ring (bicyclic) bond motifs is 9. The summed E-state index contributed by atoms with van der Waals surface area (Å²) in [6.45, 7) is 0. The third-order valence-corrected chi connectivity index (χ3v) is 11.3. The topological polar surface area (TPSA) is 63.0 Å². The first-order chi connectivity index (χ1) is 27.7. The summed E-state index contributed by atoms with van der Waals surface area (Å²) in [7, 11) is 0. The van der Waals surface area contributed by atoms with Gasteiger partial charge in [-0.2, -0.15) is 0 Å². The Bertz CT molecular complexity index is 3480. The summed E-state index contributed by atoms with van der Waals surface area (Å²) in [5.41, 5.74) is 8.68. The number of nitrogens with zero attached hydrogens (tertiary/aromatic N) is 2. The highest BCUT2D eigenvalue weighted by Gasteiger charge is 2.25. The van der Waals surface area contributed by atoms with Gasteiger partial charge in [-0.15, -0.1) is 0 Å². The Hall–Kier alpha value is -7.50. The van der Waals surface area contributed by atoms with E-state index in [2.05, 4.69) is 145 Å². The zero-order valence-corrected chi connectivity index (χ0v) is 30.0. The van der Waals surface area contributed by atoms with Crippen LogP contribution in [0.1, 0.15) is 22.9 Å². The van der Waals surface area contributed by atoms with Gasteiger partial charge in [0.2, 0.25) is 0 Å². The number of benzene rings is 9. The molecule has 0 aliphatic carbocycles. The second kappa shape index (κ2) is 12.0. The Morgan fingerprint density at radius 1 is 0.411 bits per heavy atom. The smallest absolute Gasteiger partial charge is 0.159 e. The van der Waals surface area contributed by atoms with Gasteiger partial charge in [0.05, 0.1) is 0 Å². The van der Waals surface area contributed by atoms with Crippen molar-refractivity contribution in [2.75, 3.05) is 0 Å². The van der Waals surface area contributed by atoms with Gasteiger partial charge in [-0.1, -0.05) is 121 Å². The summed E-state index contributed by atoms with van der Waals surface area (Å²) in [6.07, 6.45) is -0.439. The maximum Gasteiger partial charge on any atom is 0.159 e. The molecule has 2 aromatic heterocycles. The highest BCUT2D eigenvalue weighted by atomic mass is 16.3. The van der Waals surface area contributed by atoms with Gasteiger partial charge < -0.3 is 14.2 Å². The molecule has 0 radical (unpaired) electrons. The van der Waals surface area contributed by atoms with Gasteiger partial charge in [-0.05, 0) is 98.0 Å². The highest BCUT2D eigenvalue weighted by molar-refractivity contribution is 6.17. The molecule has 1 aliphatic heterocycles. The second-order valence-corrected chi connectivity index (χ2v) is 14.6. The molecule has 1 N–H and O–H groups in total. The molecule has 56 heavy (non-hydrogen) atoms. The lowest BCUT2D eigenvalue weighted by molar-refractivity contribution is 0.662. The molecule has 0 saturated carbocycles. The molecule has 0 bridgehead atoms. The Morgan fingerprint density at radius 3 is 1.95 bits per heavy atom. The molecule has 1 atom stereocenters. The summed E-state index contributed by atoms with van der Waals surface area (Å²) in [5, 5.41) is 15.1. The number of hydrogen-bond acceptors (Lipinski definition) is 5. The zero-order valence-electron chi connectivity index (χ0n) is 30.0. The number of furan rings is 2. The minimum atomic E-state index is -0.439. The minimum Gasteiger partial charge on any atom is -0.456 e. The summed E-state index contributed by atoms with van der Waals surface area (Å²) in [4.78, 5) is 10.7. The van der Waals surface area contributed by atoms with Gasteiger partial charge in [0.1, 0.15) is 34.3 Å². The van der Waals surface area contributed by atoms with Crippen molar-refractivity contribution in [3.05, 3.63) is 193 Å². The molecule has 0 saturated heterocycles. The van der Waals surface area contributed by atoms with E-state index >= 15 is 0 Å². The van der Waals surface area contributed by atoms with Crippen LogP contribution in [0, 0.1) is 0 Å². The Morgan fingerprint density at radius 2 is 1.05 bits per heavy atom. The van der Waals surface area contributed by atoms with Crippen LogP contribution < -0.4 is 5.32 Å². The van der Waals surface area contributed by atoms with Gasteiger partial charge >= 0.3 is 0 Å². The number of rotatable bonds is 4. The van der Waals surface area contributed by atoms with E-state index in [0.29, 0.717) is 5.84 Å². The van der Waals surface area contributed by atoms with Crippen LogP contribution in [0.4, 0.5) is 0 Å². The lowest BCUT2D eigenvalue weighted by Crippen LogP contribution is -2.33. The van der Waals surface area contributed by atoms with Crippen LogP contribution in [0.15, 0.2) is 195 Å². The van der Waals surface area contributed by atoms with E-state index in [-0.39, 0.29) is 0 Å². The molecule has 3 heterocycles. The van der Waals surface area contributed by atoms with Crippen LogP contribution in [0.5, 0.6) is 0 Å². The summed E-state index contributed by atoms with van der Waals surface area (Å²) < 4.78 is 12.6. The van der Waals surface area contributed by atoms with Crippen molar-refractivity contribution in [2.45, 2.75) is 6.17 Å². The molecule has 12 rings (SSSR count). The largest absolute Gasteiger partial charge is 0.456 e. The van der Waals surface area contributed by atoms with Crippen LogP contribution in [0.3, 0.4) is 0 Å². The average molecular weight is 718 g/mol. The third-order valence-electron chi connectivity index (χ3n) is 11.3. The first kappa shape index (κ1) is 30.9. The van der Waals surface area contributed by atoms with E-state index in [4.69, 9.17) is 18.8 Å². The second-order valence-electron chi connectivity index (χ2n) is 14.6. The summed E-state index contributed by atoms with van der Waals surface area (Å²) in [6, 6.07) is 61.8. The van der Waals surface area contributed by atoms with E-state index in [1.807, 2.05) is 36.4 Å². The van der Waals surface area contributed by atoms with Crippen molar-refractivity contribution in [3.8, 4) is 11.1 Å². The van der Waals surface area contributed by atoms with Crippen LogP contribution >= 0.6 is 0 Å². The van der Waals surface area contributed by atoms with Gasteiger partial charge in [0.25, 0.3) is 0 Å². The van der Waals surface area contributed by atoms with E-state index in [9.17, 15) is 0 Å². The van der Waals surface area contributed by atoms with Crippen LogP contribution in [0.2, 0.25) is 0 Å². The molecule has 0 amide bonds. The number of aliphatic imine (C=N–C) groups is 2.